The van der Waals surface area contributed by atoms with Gasteiger partial charge >= 0.3 is 0 Å². The Hall–Kier alpha value is -2.56. The third-order valence-electron chi connectivity index (χ3n) is 2.97. The smallest absolute Gasteiger partial charge is 0.123 e. The molecule has 5 heteroatoms. The summed E-state index contributed by atoms with van der Waals surface area (Å²) < 4.78 is 2.01. The molecular weight excluding hydrogens is 214 g/mol. The molecule has 0 aliphatic carbocycles. The fourth-order valence-electron chi connectivity index (χ4n) is 2.21. The summed E-state index contributed by atoms with van der Waals surface area (Å²) in [7, 11) is 0. The molecule has 1 aromatic heterocycles. The van der Waals surface area contributed by atoms with Crippen molar-refractivity contribution < 1.29 is 0 Å². The van der Waals surface area contributed by atoms with Gasteiger partial charge in [0.1, 0.15) is 12.0 Å². The van der Waals surface area contributed by atoms with Crippen molar-refractivity contribution in [2.45, 2.75) is 0 Å². The lowest BCUT2D eigenvalue weighted by Gasteiger charge is -2.09. The van der Waals surface area contributed by atoms with Gasteiger partial charge in [-0.2, -0.15) is 10.2 Å². The van der Waals surface area contributed by atoms with E-state index in [0.717, 1.165) is 27.7 Å². The van der Waals surface area contributed by atoms with Crippen LogP contribution in [-0.4, -0.2) is 24.8 Å². The van der Waals surface area contributed by atoms with Crippen molar-refractivity contribution in [3.63, 3.8) is 0 Å². The van der Waals surface area contributed by atoms with Crippen molar-refractivity contribution in [1.29, 1.82) is 0 Å². The van der Waals surface area contributed by atoms with E-state index in [-0.39, 0.29) is 0 Å². The van der Waals surface area contributed by atoms with Gasteiger partial charge in [-0.3, -0.25) is 4.40 Å². The van der Waals surface area contributed by atoms with E-state index in [2.05, 4.69) is 20.4 Å². The van der Waals surface area contributed by atoms with Crippen LogP contribution in [0.25, 0.3) is 27.7 Å². The molecule has 0 atom stereocenters. The van der Waals surface area contributed by atoms with Crippen molar-refractivity contribution in [3.05, 3.63) is 43.0 Å². The van der Waals surface area contributed by atoms with Crippen LogP contribution in [0.3, 0.4) is 0 Å². The summed E-state index contributed by atoms with van der Waals surface area (Å²) in [5.74, 6) is 0. The number of para-hydroxylation sites is 1. The molecule has 2 aliphatic heterocycles. The second kappa shape index (κ2) is 2.98. The quantitative estimate of drug-likeness (QED) is 0.425. The van der Waals surface area contributed by atoms with Crippen LogP contribution in [0.5, 0.6) is 0 Å². The number of benzene rings is 1. The first-order chi connectivity index (χ1) is 8.45. The van der Waals surface area contributed by atoms with Crippen LogP contribution in [0.4, 0.5) is 0 Å². The first-order valence-electron chi connectivity index (χ1n) is 5.26. The molecule has 5 nitrogen and oxygen atoms in total. The molecular formula is C12H7N5. The van der Waals surface area contributed by atoms with Crippen LogP contribution in [0, 0.1) is 0 Å². The number of nitrogens with zero attached hydrogens (tertiary/aromatic N) is 5. The van der Waals surface area contributed by atoms with Crippen molar-refractivity contribution in [2.75, 3.05) is 0 Å². The second-order valence-electron chi connectivity index (χ2n) is 3.85. The average Bonchev–Trinajstić information content (AvgIpc) is 2.89. The van der Waals surface area contributed by atoms with E-state index >= 15 is 0 Å². The maximum absolute atomic E-state index is 4.19. The normalized spacial score (nSPS) is 11.5. The van der Waals surface area contributed by atoms with Crippen LogP contribution in [0.15, 0.2) is 43.0 Å². The molecule has 0 fully saturated rings. The minimum absolute atomic E-state index is 0.911. The first-order valence-corrected chi connectivity index (χ1v) is 5.26. The van der Waals surface area contributed by atoms with E-state index in [1.807, 2.05) is 28.7 Å². The summed E-state index contributed by atoms with van der Waals surface area (Å²) in [6, 6.07) is 8.08. The molecule has 0 radical (unpaired) electrons. The molecule has 80 valence electrons. The van der Waals surface area contributed by atoms with Gasteiger partial charge in [-0.05, 0) is 6.07 Å². The maximum atomic E-state index is 4.19. The Morgan fingerprint density at radius 3 is 2.82 bits per heavy atom. The van der Waals surface area contributed by atoms with E-state index in [4.69, 9.17) is 0 Å². The topological polar surface area (TPSA) is 56.0 Å². The Morgan fingerprint density at radius 1 is 0.882 bits per heavy atom. The number of hydrogen-bond acceptors (Lipinski definition) is 4. The highest BCUT2D eigenvalue weighted by atomic mass is 15.2. The fourth-order valence-corrected chi connectivity index (χ4v) is 2.21. The minimum atomic E-state index is 0.911. The van der Waals surface area contributed by atoms with Crippen LogP contribution in [0.1, 0.15) is 0 Å². The Morgan fingerprint density at radius 2 is 1.82 bits per heavy atom. The predicted octanol–water partition coefficient (Wildman–Crippen LogP) is 1.78. The summed E-state index contributed by atoms with van der Waals surface area (Å²) in [5, 5.41) is 17.1. The molecule has 0 bridgehead atoms. The van der Waals surface area contributed by atoms with Gasteiger partial charge in [-0.1, -0.05) is 18.2 Å². The molecule has 0 N–H and O–H groups in total. The van der Waals surface area contributed by atoms with E-state index in [1.165, 1.54) is 0 Å². The van der Waals surface area contributed by atoms with Gasteiger partial charge in [0.15, 0.2) is 0 Å². The molecule has 3 heterocycles. The van der Waals surface area contributed by atoms with Gasteiger partial charge in [-0.15, -0.1) is 10.2 Å². The van der Waals surface area contributed by atoms with E-state index in [0.29, 0.717) is 0 Å². The van der Waals surface area contributed by atoms with Crippen molar-refractivity contribution in [1.82, 2.24) is 24.8 Å². The molecule has 0 amide bonds. The zero-order valence-electron chi connectivity index (χ0n) is 8.78. The highest BCUT2D eigenvalue weighted by Gasteiger charge is 2.15. The zero-order valence-corrected chi connectivity index (χ0v) is 8.78. The van der Waals surface area contributed by atoms with Crippen LogP contribution in [-0.2, 0) is 0 Å². The average molecular weight is 221 g/mol. The Labute approximate surface area is 96.1 Å². The summed E-state index contributed by atoms with van der Waals surface area (Å²) in [6.45, 7) is 0. The van der Waals surface area contributed by atoms with Gasteiger partial charge < -0.3 is 0 Å². The van der Waals surface area contributed by atoms with Crippen LogP contribution in [0.2, 0.25) is 0 Å². The number of aromatic nitrogens is 5. The summed E-state index contributed by atoms with van der Waals surface area (Å²) >= 11 is 0. The number of pyridine rings is 1. The van der Waals surface area contributed by atoms with Gasteiger partial charge in [0, 0.05) is 10.9 Å². The van der Waals surface area contributed by atoms with E-state index in [9.17, 15) is 0 Å². The van der Waals surface area contributed by atoms with E-state index < -0.39 is 0 Å². The second-order valence-corrected chi connectivity index (χ2v) is 3.85. The standard InChI is InChI=1S/C12H7N5/c1-2-4-10-8(3-1)12-9(5-14-16-12)11-6-13-15-7-17(10)11/h1-7H. The molecule has 0 saturated carbocycles. The maximum Gasteiger partial charge on any atom is 0.123 e. The molecule has 0 saturated heterocycles. The largest absolute Gasteiger partial charge is 0.296 e. The van der Waals surface area contributed by atoms with Gasteiger partial charge in [-0.25, -0.2) is 0 Å². The Balaban J connectivity index is 2.43. The minimum Gasteiger partial charge on any atom is -0.296 e. The predicted molar refractivity (Wildman–Crippen MR) is 62.7 cm³/mol. The lowest BCUT2D eigenvalue weighted by Crippen LogP contribution is -1.98. The van der Waals surface area contributed by atoms with Crippen molar-refractivity contribution in [2.24, 2.45) is 0 Å². The van der Waals surface area contributed by atoms with Gasteiger partial charge in [0.25, 0.3) is 0 Å². The van der Waals surface area contributed by atoms with E-state index in [1.54, 1.807) is 18.7 Å². The monoisotopic (exact) mass is 221 g/mol. The molecule has 17 heavy (non-hydrogen) atoms. The number of fused-ring (bicyclic) bond motifs is 6. The summed E-state index contributed by atoms with van der Waals surface area (Å²) in [5.41, 5.74) is 3.94. The Bertz CT molecular complexity index is 738. The summed E-state index contributed by atoms with van der Waals surface area (Å²) in [4.78, 5) is 0. The molecule has 4 rings (SSSR count). The molecule has 2 aliphatic rings. The third-order valence-corrected chi connectivity index (χ3v) is 2.97. The van der Waals surface area contributed by atoms with Crippen molar-refractivity contribution in [3.8, 4) is 11.3 Å². The fraction of sp³-hybridized carbons (Fsp3) is 0. The molecule has 0 unspecified atom stereocenters. The van der Waals surface area contributed by atoms with Gasteiger partial charge in [0.05, 0.1) is 23.4 Å². The third kappa shape index (κ3) is 1.02. The zero-order chi connectivity index (χ0) is 11.2. The SMILES string of the molecule is c1ccc2c(c1)c1nncc-1c1cnncn12. The van der Waals surface area contributed by atoms with Crippen molar-refractivity contribution >= 4 is 16.4 Å². The summed E-state index contributed by atoms with van der Waals surface area (Å²) in [6.07, 6.45) is 5.21. The molecule has 0 spiro atoms. The highest BCUT2D eigenvalue weighted by Crippen LogP contribution is 2.31. The highest BCUT2D eigenvalue weighted by molar-refractivity contribution is 6.00. The van der Waals surface area contributed by atoms with Crippen LogP contribution < -0.4 is 0 Å². The molecule has 2 aromatic rings. The number of hydrogen-bond donors (Lipinski definition) is 0. The molecule has 1 aromatic carbocycles. The van der Waals surface area contributed by atoms with Gasteiger partial charge in [0.2, 0.25) is 0 Å². The lowest BCUT2D eigenvalue weighted by atomic mass is 10.1. The Kier molecular flexibility index (Phi) is 1.50. The van der Waals surface area contributed by atoms with Crippen LogP contribution >= 0.6 is 0 Å². The first kappa shape index (κ1) is 8.58. The lowest BCUT2D eigenvalue weighted by molar-refractivity contribution is 0.958. The number of rotatable bonds is 0.